The first-order valence-electron chi connectivity index (χ1n) is 6.45. The Balaban J connectivity index is 2.32. The Bertz CT molecular complexity index is 616. The fraction of sp³-hybridized carbons (Fsp3) is 0.188. The molecule has 0 aliphatic rings. The van der Waals surface area contributed by atoms with Crippen LogP contribution in [0.5, 0.6) is 5.75 Å². The van der Waals surface area contributed by atoms with Gasteiger partial charge in [0.05, 0.1) is 11.1 Å². The average molecular weight is 353 g/mol. The standard InChI is InChI=1S/C16H14BrFO3/c1-2-20-16(19)15(11-6-4-3-5-7-11)21-14-10-12(18)8-9-13(14)17/h3-10,15H,2H2,1H3. The van der Waals surface area contributed by atoms with Gasteiger partial charge < -0.3 is 9.47 Å². The van der Waals surface area contributed by atoms with Crippen molar-refractivity contribution in [1.29, 1.82) is 0 Å². The van der Waals surface area contributed by atoms with Crippen LogP contribution in [0.3, 0.4) is 0 Å². The maximum Gasteiger partial charge on any atom is 0.352 e. The van der Waals surface area contributed by atoms with Crippen molar-refractivity contribution in [3.05, 3.63) is 64.4 Å². The number of benzene rings is 2. The van der Waals surface area contributed by atoms with Crippen LogP contribution in [0.1, 0.15) is 18.6 Å². The summed E-state index contributed by atoms with van der Waals surface area (Å²) in [6.07, 6.45) is -0.941. The largest absolute Gasteiger partial charge is 0.473 e. The van der Waals surface area contributed by atoms with Crippen molar-refractivity contribution in [2.75, 3.05) is 6.61 Å². The number of rotatable bonds is 5. The molecule has 110 valence electrons. The minimum atomic E-state index is -0.941. The van der Waals surface area contributed by atoms with E-state index < -0.39 is 17.9 Å². The summed E-state index contributed by atoms with van der Waals surface area (Å²) in [4.78, 5) is 12.1. The van der Waals surface area contributed by atoms with Gasteiger partial charge >= 0.3 is 5.97 Å². The number of halogens is 2. The summed E-state index contributed by atoms with van der Waals surface area (Å²) >= 11 is 3.28. The van der Waals surface area contributed by atoms with E-state index in [0.29, 0.717) is 10.0 Å². The van der Waals surface area contributed by atoms with Gasteiger partial charge in [-0.25, -0.2) is 9.18 Å². The van der Waals surface area contributed by atoms with Gasteiger partial charge in [-0.3, -0.25) is 0 Å². The molecule has 0 radical (unpaired) electrons. The zero-order valence-electron chi connectivity index (χ0n) is 11.4. The van der Waals surface area contributed by atoms with Crippen molar-refractivity contribution >= 4 is 21.9 Å². The summed E-state index contributed by atoms with van der Waals surface area (Å²) in [5.74, 6) is -0.708. The third kappa shape index (κ3) is 4.04. The number of esters is 1. The monoisotopic (exact) mass is 352 g/mol. The first-order valence-corrected chi connectivity index (χ1v) is 7.24. The Labute approximate surface area is 130 Å². The highest BCUT2D eigenvalue weighted by atomic mass is 79.9. The van der Waals surface area contributed by atoms with Crippen molar-refractivity contribution in [1.82, 2.24) is 0 Å². The van der Waals surface area contributed by atoms with Crippen LogP contribution in [0.2, 0.25) is 0 Å². The smallest absolute Gasteiger partial charge is 0.352 e. The second kappa shape index (κ2) is 7.22. The molecular weight excluding hydrogens is 339 g/mol. The predicted octanol–water partition coefficient (Wildman–Crippen LogP) is 4.27. The molecule has 2 aromatic carbocycles. The second-order valence-corrected chi connectivity index (χ2v) is 5.09. The van der Waals surface area contributed by atoms with Crippen molar-refractivity contribution < 1.29 is 18.7 Å². The van der Waals surface area contributed by atoms with Crippen molar-refractivity contribution in [3.8, 4) is 5.75 Å². The van der Waals surface area contributed by atoms with E-state index in [-0.39, 0.29) is 12.4 Å². The van der Waals surface area contributed by atoms with Gasteiger partial charge in [0, 0.05) is 11.6 Å². The lowest BCUT2D eigenvalue weighted by atomic mass is 10.1. The van der Waals surface area contributed by atoms with E-state index in [1.165, 1.54) is 18.2 Å². The maximum absolute atomic E-state index is 13.3. The van der Waals surface area contributed by atoms with Crippen molar-refractivity contribution in [2.45, 2.75) is 13.0 Å². The fourth-order valence-electron chi connectivity index (χ4n) is 1.79. The predicted molar refractivity (Wildman–Crippen MR) is 80.5 cm³/mol. The molecule has 1 unspecified atom stereocenters. The Morgan fingerprint density at radius 3 is 2.62 bits per heavy atom. The molecule has 0 aliphatic carbocycles. The SMILES string of the molecule is CCOC(=O)C(Oc1cc(F)ccc1Br)c1ccccc1. The Kier molecular flexibility index (Phi) is 5.33. The maximum atomic E-state index is 13.3. The number of carbonyl (C=O) groups is 1. The van der Waals surface area contributed by atoms with E-state index in [2.05, 4.69) is 15.9 Å². The van der Waals surface area contributed by atoms with E-state index in [4.69, 9.17) is 9.47 Å². The quantitative estimate of drug-likeness (QED) is 0.753. The Morgan fingerprint density at radius 1 is 1.24 bits per heavy atom. The molecule has 0 amide bonds. The third-order valence-electron chi connectivity index (χ3n) is 2.74. The lowest BCUT2D eigenvalue weighted by Crippen LogP contribution is -2.21. The van der Waals surface area contributed by atoms with Crippen LogP contribution >= 0.6 is 15.9 Å². The van der Waals surface area contributed by atoms with Gasteiger partial charge in [-0.1, -0.05) is 30.3 Å². The minimum absolute atomic E-state index is 0.246. The number of ether oxygens (including phenoxy) is 2. The zero-order chi connectivity index (χ0) is 15.2. The van der Waals surface area contributed by atoms with Crippen LogP contribution in [0.15, 0.2) is 53.0 Å². The van der Waals surface area contributed by atoms with Crippen LogP contribution in [0.4, 0.5) is 4.39 Å². The molecule has 5 heteroatoms. The van der Waals surface area contributed by atoms with Crippen molar-refractivity contribution in [2.24, 2.45) is 0 Å². The second-order valence-electron chi connectivity index (χ2n) is 4.24. The van der Waals surface area contributed by atoms with Gasteiger partial charge in [0.15, 0.2) is 0 Å². The van der Waals surface area contributed by atoms with E-state index in [1.54, 1.807) is 31.2 Å². The highest BCUT2D eigenvalue weighted by Crippen LogP contribution is 2.30. The summed E-state index contributed by atoms with van der Waals surface area (Å²) < 4.78 is 24.6. The molecule has 0 aliphatic heterocycles. The third-order valence-corrected chi connectivity index (χ3v) is 3.40. The Hall–Kier alpha value is -1.88. The molecule has 0 spiro atoms. The van der Waals surface area contributed by atoms with E-state index in [0.717, 1.165) is 0 Å². The van der Waals surface area contributed by atoms with Gasteiger partial charge in [0.2, 0.25) is 6.10 Å². The van der Waals surface area contributed by atoms with Gasteiger partial charge in [-0.2, -0.15) is 0 Å². The van der Waals surface area contributed by atoms with Crippen LogP contribution in [-0.4, -0.2) is 12.6 Å². The van der Waals surface area contributed by atoms with E-state index >= 15 is 0 Å². The van der Waals surface area contributed by atoms with E-state index in [1.807, 2.05) is 6.07 Å². The average Bonchev–Trinajstić information content (AvgIpc) is 2.49. The fourth-order valence-corrected chi connectivity index (χ4v) is 2.13. The van der Waals surface area contributed by atoms with Gasteiger partial charge in [-0.15, -0.1) is 0 Å². The molecule has 1 atom stereocenters. The van der Waals surface area contributed by atoms with Crippen molar-refractivity contribution in [3.63, 3.8) is 0 Å². The molecule has 0 bridgehead atoms. The summed E-state index contributed by atoms with van der Waals surface area (Å²) in [5.41, 5.74) is 0.645. The summed E-state index contributed by atoms with van der Waals surface area (Å²) in [7, 11) is 0. The molecule has 3 nitrogen and oxygen atoms in total. The molecule has 21 heavy (non-hydrogen) atoms. The van der Waals surface area contributed by atoms with Gasteiger partial charge in [0.1, 0.15) is 11.6 Å². The summed E-state index contributed by atoms with van der Waals surface area (Å²) in [6, 6.07) is 13.0. The first kappa shape index (κ1) is 15.5. The zero-order valence-corrected chi connectivity index (χ0v) is 13.0. The lowest BCUT2D eigenvalue weighted by molar-refractivity contribution is -0.151. The molecule has 0 heterocycles. The minimum Gasteiger partial charge on any atom is -0.473 e. The Morgan fingerprint density at radius 2 is 1.95 bits per heavy atom. The topological polar surface area (TPSA) is 35.5 Å². The molecule has 0 saturated carbocycles. The van der Waals surface area contributed by atoms with Crippen LogP contribution < -0.4 is 4.74 Å². The summed E-state index contributed by atoms with van der Waals surface area (Å²) in [5, 5.41) is 0. The van der Waals surface area contributed by atoms with Crippen LogP contribution in [-0.2, 0) is 9.53 Å². The molecule has 2 aromatic rings. The van der Waals surface area contributed by atoms with Crippen LogP contribution in [0.25, 0.3) is 0 Å². The molecular formula is C16H14BrFO3. The number of hydrogen-bond acceptors (Lipinski definition) is 3. The number of hydrogen-bond donors (Lipinski definition) is 0. The van der Waals surface area contributed by atoms with Gasteiger partial charge in [0.25, 0.3) is 0 Å². The molecule has 0 aromatic heterocycles. The molecule has 0 saturated heterocycles. The highest BCUT2D eigenvalue weighted by molar-refractivity contribution is 9.10. The first-order chi connectivity index (χ1) is 10.1. The lowest BCUT2D eigenvalue weighted by Gasteiger charge is -2.18. The molecule has 2 rings (SSSR count). The molecule has 0 N–H and O–H groups in total. The van der Waals surface area contributed by atoms with Gasteiger partial charge in [-0.05, 0) is 35.0 Å². The highest BCUT2D eigenvalue weighted by Gasteiger charge is 2.25. The molecule has 0 fully saturated rings. The normalized spacial score (nSPS) is 11.8. The number of carbonyl (C=O) groups excluding carboxylic acids is 1. The summed E-state index contributed by atoms with van der Waals surface area (Å²) in [6.45, 7) is 1.97. The van der Waals surface area contributed by atoms with E-state index in [9.17, 15) is 9.18 Å². The van der Waals surface area contributed by atoms with Crippen LogP contribution in [0, 0.1) is 5.82 Å².